The van der Waals surface area contributed by atoms with Crippen molar-refractivity contribution in [3.63, 3.8) is 0 Å². The van der Waals surface area contributed by atoms with Crippen LogP contribution in [0.2, 0.25) is 5.02 Å². The molecule has 1 N–H and O–H groups in total. The lowest BCUT2D eigenvalue weighted by molar-refractivity contribution is 0.102. The second-order valence-electron chi connectivity index (χ2n) is 8.70. The van der Waals surface area contributed by atoms with Gasteiger partial charge in [-0.05, 0) is 69.0 Å². The standard InChI is InChI=1S/C23H26ClN3O4S2/c1-14(2)27-20-7-4-16(12-21(20)32-23(27)29)25-22(28)18-13-17(5-6-19(18)24)33(30,31)26-10-8-15(3)9-11-26/h4-7,12-15H,8-11H2,1-3H3,(H,25,28). The van der Waals surface area contributed by atoms with E-state index in [-0.39, 0.29) is 26.4 Å². The maximum absolute atomic E-state index is 13.1. The van der Waals surface area contributed by atoms with E-state index in [4.69, 9.17) is 11.6 Å². The van der Waals surface area contributed by atoms with E-state index >= 15 is 0 Å². The number of thiazole rings is 1. The fourth-order valence-electron chi connectivity index (χ4n) is 4.01. The van der Waals surface area contributed by atoms with E-state index < -0.39 is 15.9 Å². The summed E-state index contributed by atoms with van der Waals surface area (Å²) in [5, 5.41) is 2.94. The third-order valence-corrected chi connectivity index (χ3v) is 9.09. The molecule has 2 heterocycles. The van der Waals surface area contributed by atoms with Gasteiger partial charge in [-0.25, -0.2) is 8.42 Å². The number of amides is 1. The molecule has 0 unspecified atom stereocenters. The van der Waals surface area contributed by atoms with Crippen LogP contribution in [0.3, 0.4) is 0 Å². The van der Waals surface area contributed by atoms with Crippen molar-refractivity contribution in [2.45, 2.75) is 44.6 Å². The minimum Gasteiger partial charge on any atom is -0.322 e. The second-order valence-corrected chi connectivity index (χ2v) is 12.0. The number of halogens is 1. The molecule has 1 amide bonds. The van der Waals surface area contributed by atoms with Crippen molar-refractivity contribution >= 4 is 54.8 Å². The Bertz CT molecular complexity index is 1370. The minimum absolute atomic E-state index is 0.0262. The summed E-state index contributed by atoms with van der Waals surface area (Å²) in [5.41, 5.74) is 1.38. The molecule has 2 aromatic carbocycles. The normalized spacial score (nSPS) is 15.9. The third-order valence-electron chi connectivity index (χ3n) is 5.95. The Morgan fingerprint density at radius 1 is 1.15 bits per heavy atom. The van der Waals surface area contributed by atoms with Gasteiger partial charge < -0.3 is 5.32 Å². The molecule has 33 heavy (non-hydrogen) atoms. The summed E-state index contributed by atoms with van der Waals surface area (Å²) in [6, 6.07) is 9.48. The molecule has 1 aliphatic heterocycles. The number of fused-ring (bicyclic) bond motifs is 1. The van der Waals surface area contributed by atoms with E-state index in [2.05, 4.69) is 12.2 Å². The van der Waals surface area contributed by atoms with Crippen molar-refractivity contribution in [2.75, 3.05) is 18.4 Å². The van der Waals surface area contributed by atoms with Crippen LogP contribution in [-0.4, -0.2) is 36.3 Å². The summed E-state index contributed by atoms with van der Waals surface area (Å²) in [6.45, 7) is 6.93. The van der Waals surface area contributed by atoms with Crippen molar-refractivity contribution in [3.8, 4) is 0 Å². The van der Waals surface area contributed by atoms with Gasteiger partial charge >= 0.3 is 4.87 Å². The van der Waals surface area contributed by atoms with Crippen LogP contribution in [0.15, 0.2) is 46.1 Å². The largest absolute Gasteiger partial charge is 0.322 e. The molecule has 0 radical (unpaired) electrons. The lowest BCUT2D eigenvalue weighted by Gasteiger charge is -2.29. The molecule has 1 saturated heterocycles. The molecular formula is C23H26ClN3O4S2. The lowest BCUT2D eigenvalue weighted by atomic mass is 10.0. The molecular weight excluding hydrogens is 482 g/mol. The second kappa shape index (κ2) is 9.21. The average molecular weight is 508 g/mol. The maximum atomic E-state index is 13.1. The smallest absolute Gasteiger partial charge is 0.308 e. The van der Waals surface area contributed by atoms with Crippen molar-refractivity contribution in [2.24, 2.45) is 5.92 Å². The number of nitrogens with one attached hydrogen (secondary N) is 1. The highest BCUT2D eigenvalue weighted by molar-refractivity contribution is 7.89. The van der Waals surface area contributed by atoms with E-state index in [9.17, 15) is 18.0 Å². The Labute approximate surface area is 202 Å². The number of hydrogen-bond acceptors (Lipinski definition) is 5. The van der Waals surface area contributed by atoms with E-state index in [1.807, 2.05) is 13.8 Å². The summed E-state index contributed by atoms with van der Waals surface area (Å²) >= 11 is 7.37. The Balaban J connectivity index is 1.60. The van der Waals surface area contributed by atoms with Crippen LogP contribution in [-0.2, 0) is 10.0 Å². The zero-order chi connectivity index (χ0) is 23.9. The lowest BCUT2D eigenvalue weighted by Crippen LogP contribution is -2.37. The Hall–Kier alpha value is -2.20. The quantitative estimate of drug-likeness (QED) is 0.528. The molecule has 1 aliphatic rings. The zero-order valence-corrected chi connectivity index (χ0v) is 21.1. The van der Waals surface area contributed by atoms with Crippen molar-refractivity contribution < 1.29 is 13.2 Å². The molecule has 0 atom stereocenters. The topological polar surface area (TPSA) is 88.5 Å². The Morgan fingerprint density at radius 3 is 2.52 bits per heavy atom. The molecule has 10 heteroatoms. The molecule has 176 valence electrons. The van der Waals surface area contributed by atoms with E-state index in [1.165, 1.54) is 22.5 Å². The van der Waals surface area contributed by atoms with Crippen molar-refractivity contribution in [1.29, 1.82) is 0 Å². The molecule has 4 rings (SSSR count). The number of sulfonamides is 1. The first-order valence-electron chi connectivity index (χ1n) is 10.8. The van der Waals surface area contributed by atoms with E-state index in [0.29, 0.717) is 24.7 Å². The number of piperidine rings is 1. The van der Waals surface area contributed by atoms with Gasteiger partial charge in [0, 0.05) is 24.8 Å². The number of carbonyl (C=O) groups is 1. The summed E-state index contributed by atoms with van der Waals surface area (Å²) < 4.78 is 30.1. The van der Waals surface area contributed by atoms with Gasteiger partial charge in [-0.1, -0.05) is 29.9 Å². The predicted octanol–water partition coefficient (Wildman–Crippen LogP) is 4.97. The average Bonchev–Trinajstić information content (AvgIpc) is 3.09. The highest BCUT2D eigenvalue weighted by Gasteiger charge is 2.29. The number of benzene rings is 2. The molecule has 0 aliphatic carbocycles. The van der Waals surface area contributed by atoms with E-state index in [0.717, 1.165) is 34.4 Å². The van der Waals surface area contributed by atoms with Gasteiger partial charge in [0.1, 0.15) is 0 Å². The van der Waals surface area contributed by atoms with Crippen LogP contribution in [0.4, 0.5) is 5.69 Å². The fourth-order valence-corrected chi connectivity index (χ4v) is 6.77. The van der Waals surface area contributed by atoms with Gasteiger partial charge in [-0.2, -0.15) is 4.31 Å². The Kier molecular flexibility index (Phi) is 6.68. The summed E-state index contributed by atoms with van der Waals surface area (Å²) in [7, 11) is -3.71. The van der Waals surface area contributed by atoms with Crippen LogP contribution in [0.5, 0.6) is 0 Å². The first-order chi connectivity index (χ1) is 15.6. The van der Waals surface area contributed by atoms with Gasteiger partial charge in [-0.3, -0.25) is 14.2 Å². The number of anilines is 1. The van der Waals surface area contributed by atoms with E-state index in [1.54, 1.807) is 22.8 Å². The molecule has 0 bridgehead atoms. The molecule has 3 aromatic rings. The summed E-state index contributed by atoms with van der Waals surface area (Å²) in [4.78, 5) is 25.2. The summed E-state index contributed by atoms with van der Waals surface area (Å²) in [5.74, 6) is -0.0179. The first kappa shape index (κ1) is 23.9. The van der Waals surface area contributed by atoms with Crippen LogP contribution >= 0.6 is 22.9 Å². The number of nitrogens with zero attached hydrogens (tertiary/aromatic N) is 2. The minimum atomic E-state index is -3.71. The van der Waals surface area contributed by atoms with Gasteiger partial charge in [0.25, 0.3) is 5.91 Å². The molecule has 1 fully saturated rings. The monoisotopic (exact) mass is 507 g/mol. The highest BCUT2D eigenvalue weighted by Crippen LogP contribution is 2.28. The Morgan fingerprint density at radius 2 is 1.85 bits per heavy atom. The van der Waals surface area contributed by atoms with Gasteiger partial charge in [0.15, 0.2) is 0 Å². The van der Waals surface area contributed by atoms with Crippen LogP contribution in [0.25, 0.3) is 10.2 Å². The highest BCUT2D eigenvalue weighted by atomic mass is 35.5. The SMILES string of the molecule is CC1CCN(S(=O)(=O)c2ccc(Cl)c(C(=O)Nc3ccc4c(c3)sc(=O)n4C(C)C)c2)CC1. The zero-order valence-electron chi connectivity index (χ0n) is 18.7. The van der Waals surface area contributed by atoms with Crippen LogP contribution < -0.4 is 10.2 Å². The first-order valence-corrected chi connectivity index (χ1v) is 13.5. The number of hydrogen-bond donors (Lipinski definition) is 1. The number of rotatable bonds is 5. The van der Waals surface area contributed by atoms with Crippen LogP contribution in [0, 0.1) is 5.92 Å². The molecule has 0 saturated carbocycles. The van der Waals surface area contributed by atoms with Gasteiger partial charge in [0.2, 0.25) is 10.0 Å². The molecule has 0 spiro atoms. The van der Waals surface area contributed by atoms with Crippen molar-refractivity contribution in [3.05, 3.63) is 56.7 Å². The maximum Gasteiger partial charge on any atom is 0.308 e. The third kappa shape index (κ3) is 4.73. The van der Waals surface area contributed by atoms with Crippen LogP contribution in [0.1, 0.15) is 50.0 Å². The predicted molar refractivity (Wildman–Crippen MR) is 133 cm³/mol. The number of aromatic nitrogens is 1. The summed E-state index contributed by atoms with van der Waals surface area (Å²) in [6.07, 6.45) is 1.63. The molecule has 7 nitrogen and oxygen atoms in total. The molecule has 1 aromatic heterocycles. The number of carbonyl (C=O) groups excluding carboxylic acids is 1. The van der Waals surface area contributed by atoms with Gasteiger partial charge in [-0.15, -0.1) is 0 Å². The fraction of sp³-hybridized carbons (Fsp3) is 0.391. The van der Waals surface area contributed by atoms with Crippen molar-refractivity contribution in [1.82, 2.24) is 8.87 Å². The van der Waals surface area contributed by atoms with Gasteiger partial charge in [0.05, 0.1) is 25.7 Å².